The summed E-state index contributed by atoms with van der Waals surface area (Å²) in [6.07, 6.45) is 1.74. The Bertz CT molecular complexity index is 686. The zero-order valence-electron chi connectivity index (χ0n) is 14.3. The third-order valence-electron chi connectivity index (χ3n) is 3.47. The van der Waals surface area contributed by atoms with Crippen LogP contribution in [0.15, 0.2) is 41.5 Å². The van der Waals surface area contributed by atoms with Crippen molar-refractivity contribution in [2.24, 2.45) is 4.99 Å². The number of aryl methyl sites for hydroxylation is 1. The fourth-order valence-corrected chi connectivity index (χ4v) is 2.07. The van der Waals surface area contributed by atoms with Gasteiger partial charge in [-0.25, -0.2) is 14.4 Å². The van der Waals surface area contributed by atoms with E-state index in [-0.39, 0.29) is 5.82 Å². The smallest absolute Gasteiger partial charge is 0.212 e. The molecule has 24 heavy (non-hydrogen) atoms. The van der Waals surface area contributed by atoms with Gasteiger partial charge in [0.25, 0.3) is 0 Å². The van der Waals surface area contributed by atoms with Gasteiger partial charge in [-0.1, -0.05) is 18.2 Å². The van der Waals surface area contributed by atoms with E-state index in [1.807, 2.05) is 19.1 Å². The highest BCUT2D eigenvalue weighted by Gasteiger charge is 2.02. The first-order chi connectivity index (χ1) is 11.6. The minimum Gasteiger partial charge on any atom is -0.481 e. The van der Waals surface area contributed by atoms with Crippen molar-refractivity contribution in [3.8, 4) is 5.88 Å². The number of hydrogen-bond acceptors (Lipinski definition) is 3. The molecule has 0 radical (unpaired) electrons. The van der Waals surface area contributed by atoms with E-state index in [0.717, 1.165) is 17.7 Å². The SMILES string of the molecule is CCNC(=NCc1ccc(OC)nc1)NCc1ccc(C)c(F)c1. The average molecular weight is 330 g/mol. The summed E-state index contributed by atoms with van der Waals surface area (Å²) < 4.78 is 18.6. The Labute approximate surface area is 142 Å². The molecule has 2 N–H and O–H groups in total. The lowest BCUT2D eigenvalue weighted by Crippen LogP contribution is -2.36. The quantitative estimate of drug-likeness (QED) is 0.632. The Morgan fingerprint density at radius 1 is 1.21 bits per heavy atom. The summed E-state index contributed by atoms with van der Waals surface area (Å²) >= 11 is 0. The Hall–Kier alpha value is -2.63. The second kappa shape index (κ2) is 8.86. The van der Waals surface area contributed by atoms with E-state index in [9.17, 15) is 4.39 Å². The summed E-state index contributed by atoms with van der Waals surface area (Å²) in [7, 11) is 1.58. The van der Waals surface area contributed by atoms with Crippen LogP contribution in [-0.4, -0.2) is 24.6 Å². The Morgan fingerprint density at radius 3 is 2.62 bits per heavy atom. The predicted octanol–water partition coefficient (Wildman–Crippen LogP) is 2.79. The molecule has 1 aromatic carbocycles. The van der Waals surface area contributed by atoms with E-state index in [1.54, 1.807) is 38.4 Å². The van der Waals surface area contributed by atoms with Gasteiger partial charge in [0.2, 0.25) is 5.88 Å². The van der Waals surface area contributed by atoms with Crippen LogP contribution in [0.4, 0.5) is 4.39 Å². The van der Waals surface area contributed by atoms with E-state index in [1.165, 1.54) is 0 Å². The molecule has 1 aromatic heterocycles. The number of nitrogens with one attached hydrogen (secondary N) is 2. The predicted molar refractivity (Wildman–Crippen MR) is 93.6 cm³/mol. The fraction of sp³-hybridized carbons (Fsp3) is 0.333. The topological polar surface area (TPSA) is 58.5 Å². The van der Waals surface area contributed by atoms with Crippen molar-refractivity contribution in [1.29, 1.82) is 0 Å². The summed E-state index contributed by atoms with van der Waals surface area (Å²) in [4.78, 5) is 8.67. The van der Waals surface area contributed by atoms with Gasteiger partial charge in [0, 0.05) is 25.4 Å². The maximum absolute atomic E-state index is 13.6. The molecule has 6 heteroatoms. The highest BCUT2D eigenvalue weighted by atomic mass is 19.1. The molecule has 0 aliphatic carbocycles. The number of guanidine groups is 1. The lowest BCUT2D eigenvalue weighted by Gasteiger charge is -2.12. The van der Waals surface area contributed by atoms with E-state index in [4.69, 9.17) is 4.74 Å². The molecule has 2 rings (SSSR count). The van der Waals surface area contributed by atoms with Crippen molar-refractivity contribution in [1.82, 2.24) is 15.6 Å². The second-order valence-corrected chi connectivity index (χ2v) is 5.34. The molecular weight excluding hydrogens is 307 g/mol. The van der Waals surface area contributed by atoms with E-state index >= 15 is 0 Å². The fourth-order valence-electron chi connectivity index (χ4n) is 2.07. The molecule has 0 bridgehead atoms. The van der Waals surface area contributed by atoms with Gasteiger partial charge in [-0.05, 0) is 36.6 Å². The summed E-state index contributed by atoms with van der Waals surface area (Å²) in [5.41, 5.74) is 2.50. The van der Waals surface area contributed by atoms with Crippen LogP contribution >= 0.6 is 0 Å². The van der Waals surface area contributed by atoms with E-state index in [0.29, 0.717) is 30.5 Å². The number of rotatable bonds is 6. The minimum atomic E-state index is -0.194. The van der Waals surface area contributed by atoms with Crippen molar-refractivity contribution in [3.05, 3.63) is 59.0 Å². The lowest BCUT2D eigenvalue weighted by molar-refractivity contribution is 0.397. The zero-order chi connectivity index (χ0) is 17.4. The number of halogens is 1. The third kappa shape index (κ3) is 5.22. The molecule has 0 saturated heterocycles. The van der Waals surface area contributed by atoms with Gasteiger partial charge in [0.15, 0.2) is 5.96 Å². The molecule has 0 amide bonds. The third-order valence-corrected chi connectivity index (χ3v) is 3.47. The molecular formula is C18H23FN4O. The number of hydrogen-bond donors (Lipinski definition) is 2. The minimum absolute atomic E-state index is 0.194. The van der Waals surface area contributed by atoms with Crippen LogP contribution in [0, 0.1) is 12.7 Å². The van der Waals surface area contributed by atoms with Crippen LogP contribution in [0.1, 0.15) is 23.6 Å². The zero-order valence-corrected chi connectivity index (χ0v) is 14.3. The van der Waals surface area contributed by atoms with Crippen molar-refractivity contribution in [3.63, 3.8) is 0 Å². The molecule has 0 atom stereocenters. The molecule has 0 saturated carbocycles. The summed E-state index contributed by atoms with van der Waals surface area (Å²) in [5.74, 6) is 1.06. The second-order valence-electron chi connectivity index (χ2n) is 5.34. The van der Waals surface area contributed by atoms with E-state index in [2.05, 4.69) is 20.6 Å². The summed E-state index contributed by atoms with van der Waals surface area (Å²) in [6.45, 7) is 5.49. The number of aromatic nitrogens is 1. The number of nitrogens with zero attached hydrogens (tertiary/aromatic N) is 2. The van der Waals surface area contributed by atoms with Gasteiger partial charge < -0.3 is 15.4 Å². The maximum atomic E-state index is 13.6. The van der Waals surface area contributed by atoms with Crippen molar-refractivity contribution in [2.75, 3.05) is 13.7 Å². The number of aliphatic imine (C=N–C) groups is 1. The highest BCUT2D eigenvalue weighted by Crippen LogP contribution is 2.09. The van der Waals surface area contributed by atoms with Gasteiger partial charge in [0.1, 0.15) is 5.82 Å². The normalized spacial score (nSPS) is 11.2. The highest BCUT2D eigenvalue weighted by molar-refractivity contribution is 5.79. The number of pyridine rings is 1. The largest absolute Gasteiger partial charge is 0.481 e. The summed E-state index contributed by atoms with van der Waals surface area (Å²) in [5, 5.41) is 6.38. The van der Waals surface area contributed by atoms with Crippen molar-refractivity contribution >= 4 is 5.96 Å². The van der Waals surface area contributed by atoms with E-state index < -0.39 is 0 Å². The van der Waals surface area contributed by atoms with Crippen LogP contribution in [-0.2, 0) is 13.1 Å². The Balaban J connectivity index is 1.97. The molecule has 0 spiro atoms. The van der Waals surface area contributed by atoms with Crippen molar-refractivity contribution < 1.29 is 9.13 Å². The molecule has 5 nitrogen and oxygen atoms in total. The van der Waals surface area contributed by atoms with Crippen LogP contribution < -0.4 is 15.4 Å². The molecule has 0 aliphatic heterocycles. The van der Waals surface area contributed by atoms with Gasteiger partial charge in [-0.15, -0.1) is 0 Å². The molecule has 0 unspecified atom stereocenters. The molecule has 0 fully saturated rings. The van der Waals surface area contributed by atoms with Crippen LogP contribution in [0.2, 0.25) is 0 Å². The number of methoxy groups -OCH3 is 1. The van der Waals surface area contributed by atoms with Gasteiger partial charge in [0.05, 0.1) is 13.7 Å². The van der Waals surface area contributed by atoms with Gasteiger partial charge in [-0.2, -0.15) is 0 Å². The Kier molecular flexibility index (Phi) is 6.54. The molecule has 0 aliphatic rings. The van der Waals surface area contributed by atoms with Crippen molar-refractivity contribution in [2.45, 2.75) is 26.9 Å². The summed E-state index contributed by atoms with van der Waals surface area (Å²) in [6, 6.07) is 8.95. The van der Waals surface area contributed by atoms with Gasteiger partial charge >= 0.3 is 0 Å². The first-order valence-corrected chi connectivity index (χ1v) is 7.88. The maximum Gasteiger partial charge on any atom is 0.212 e. The van der Waals surface area contributed by atoms with Crippen LogP contribution in [0.5, 0.6) is 5.88 Å². The monoisotopic (exact) mass is 330 g/mol. The molecule has 1 heterocycles. The number of ether oxygens (including phenoxy) is 1. The first kappa shape index (κ1) is 17.7. The van der Waals surface area contributed by atoms with Gasteiger partial charge in [-0.3, -0.25) is 0 Å². The number of benzene rings is 1. The Morgan fingerprint density at radius 2 is 2.00 bits per heavy atom. The lowest BCUT2D eigenvalue weighted by atomic mass is 10.1. The molecule has 2 aromatic rings. The first-order valence-electron chi connectivity index (χ1n) is 7.88. The standard InChI is InChI=1S/C18H23FN4O/c1-4-20-18(22-10-14-6-5-13(2)16(19)9-14)23-12-15-7-8-17(24-3)21-11-15/h5-9,11H,4,10,12H2,1-3H3,(H2,20,22,23). The average Bonchev–Trinajstić information content (AvgIpc) is 2.60. The van der Waals surface area contributed by atoms with Crippen LogP contribution in [0.25, 0.3) is 0 Å². The van der Waals surface area contributed by atoms with Crippen LogP contribution in [0.3, 0.4) is 0 Å². The molecule has 128 valence electrons.